The van der Waals surface area contributed by atoms with E-state index in [-0.39, 0.29) is 18.1 Å². The summed E-state index contributed by atoms with van der Waals surface area (Å²) in [5.74, 6) is 0.640. The Labute approximate surface area is 135 Å². The van der Waals surface area contributed by atoms with Crippen LogP contribution in [0.4, 0.5) is 0 Å². The molecule has 0 spiro atoms. The van der Waals surface area contributed by atoms with Crippen molar-refractivity contribution in [3.8, 4) is 11.4 Å². The van der Waals surface area contributed by atoms with Gasteiger partial charge >= 0.3 is 0 Å². The first-order chi connectivity index (χ1) is 10.9. The molecule has 2 rings (SSSR count). The molecule has 7 nitrogen and oxygen atoms in total. The lowest BCUT2D eigenvalue weighted by molar-refractivity contribution is -0.120. The van der Waals surface area contributed by atoms with Crippen molar-refractivity contribution in [1.29, 1.82) is 0 Å². The molecule has 23 heavy (non-hydrogen) atoms. The van der Waals surface area contributed by atoms with E-state index in [9.17, 15) is 13.2 Å². The lowest BCUT2D eigenvalue weighted by Gasteiger charge is -2.03. The number of aryl methyl sites for hydroxylation is 1. The lowest BCUT2D eigenvalue weighted by atomic mass is 10.2. The zero-order chi connectivity index (χ0) is 16.7. The molecule has 1 aromatic carbocycles. The fourth-order valence-electron chi connectivity index (χ4n) is 1.89. The molecule has 124 valence electrons. The van der Waals surface area contributed by atoms with Gasteiger partial charge in [-0.2, -0.15) is 4.98 Å². The zero-order valence-electron chi connectivity index (χ0n) is 12.9. The molecular weight excluding hydrogens is 318 g/mol. The maximum absolute atomic E-state index is 11.5. The molecule has 0 unspecified atom stereocenters. The summed E-state index contributed by atoms with van der Waals surface area (Å²) in [6.45, 7) is 0.436. The van der Waals surface area contributed by atoms with Crippen molar-refractivity contribution in [2.45, 2.75) is 19.3 Å². The number of rotatable bonds is 8. The average Bonchev–Trinajstić information content (AvgIpc) is 2.99. The van der Waals surface area contributed by atoms with Crippen molar-refractivity contribution in [2.24, 2.45) is 0 Å². The summed E-state index contributed by atoms with van der Waals surface area (Å²) in [4.78, 5) is 15.8. The number of hydrogen-bond acceptors (Lipinski definition) is 6. The highest BCUT2D eigenvalue weighted by Crippen LogP contribution is 2.15. The number of nitrogens with zero attached hydrogens (tertiary/aromatic N) is 2. The van der Waals surface area contributed by atoms with Gasteiger partial charge in [-0.15, -0.1) is 0 Å². The number of sulfone groups is 1. The van der Waals surface area contributed by atoms with Crippen molar-refractivity contribution in [1.82, 2.24) is 15.5 Å². The van der Waals surface area contributed by atoms with Gasteiger partial charge in [0.15, 0.2) is 0 Å². The van der Waals surface area contributed by atoms with Crippen LogP contribution in [-0.4, -0.2) is 43.0 Å². The maximum atomic E-state index is 11.5. The molecule has 0 aliphatic carbocycles. The molecule has 0 saturated carbocycles. The van der Waals surface area contributed by atoms with Crippen LogP contribution in [0.15, 0.2) is 34.9 Å². The van der Waals surface area contributed by atoms with Gasteiger partial charge in [0.1, 0.15) is 9.84 Å². The third-order valence-electron chi connectivity index (χ3n) is 3.09. The summed E-state index contributed by atoms with van der Waals surface area (Å²) in [6.07, 6.45) is 2.28. The number of benzene rings is 1. The van der Waals surface area contributed by atoms with Gasteiger partial charge in [0.25, 0.3) is 0 Å². The van der Waals surface area contributed by atoms with Crippen LogP contribution in [0.5, 0.6) is 0 Å². The second kappa shape index (κ2) is 7.87. The van der Waals surface area contributed by atoms with Crippen LogP contribution < -0.4 is 5.32 Å². The SMILES string of the molecule is CS(=O)(=O)CCC(=O)NCCCc1nc(-c2ccccc2)no1. The Balaban J connectivity index is 1.71. The molecule has 0 fully saturated rings. The summed E-state index contributed by atoms with van der Waals surface area (Å²) < 4.78 is 27.1. The quantitative estimate of drug-likeness (QED) is 0.727. The summed E-state index contributed by atoms with van der Waals surface area (Å²) >= 11 is 0. The predicted octanol–water partition coefficient (Wildman–Crippen LogP) is 1.22. The van der Waals surface area contributed by atoms with Crippen molar-refractivity contribution in [2.75, 3.05) is 18.6 Å². The van der Waals surface area contributed by atoms with E-state index in [1.54, 1.807) is 0 Å². The van der Waals surface area contributed by atoms with Gasteiger partial charge in [-0.25, -0.2) is 8.42 Å². The Kier molecular flexibility index (Phi) is 5.86. The van der Waals surface area contributed by atoms with Gasteiger partial charge in [-0.1, -0.05) is 35.5 Å². The lowest BCUT2D eigenvalue weighted by Crippen LogP contribution is -2.26. The van der Waals surface area contributed by atoms with Gasteiger partial charge in [-0.05, 0) is 6.42 Å². The van der Waals surface area contributed by atoms with E-state index in [0.717, 1.165) is 11.8 Å². The molecule has 1 amide bonds. The van der Waals surface area contributed by atoms with Gasteiger partial charge in [-0.3, -0.25) is 4.79 Å². The van der Waals surface area contributed by atoms with Crippen LogP contribution in [0.1, 0.15) is 18.7 Å². The molecule has 1 aromatic heterocycles. The number of aromatic nitrogens is 2. The van der Waals surface area contributed by atoms with E-state index in [1.807, 2.05) is 30.3 Å². The molecule has 0 atom stereocenters. The highest BCUT2D eigenvalue weighted by atomic mass is 32.2. The van der Waals surface area contributed by atoms with Crippen molar-refractivity contribution in [3.05, 3.63) is 36.2 Å². The number of nitrogens with one attached hydrogen (secondary N) is 1. The third-order valence-corrected chi connectivity index (χ3v) is 4.04. The first kappa shape index (κ1) is 17.1. The second-order valence-electron chi connectivity index (χ2n) is 5.21. The number of carbonyl (C=O) groups is 1. The molecule has 0 bridgehead atoms. The van der Waals surface area contributed by atoms with E-state index >= 15 is 0 Å². The minimum Gasteiger partial charge on any atom is -0.356 e. The van der Waals surface area contributed by atoms with Crippen molar-refractivity contribution >= 4 is 15.7 Å². The first-order valence-electron chi connectivity index (χ1n) is 7.26. The summed E-state index contributed by atoms with van der Waals surface area (Å²) in [6, 6.07) is 9.51. The summed E-state index contributed by atoms with van der Waals surface area (Å²) in [5.41, 5.74) is 0.886. The van der Waals surface area contributed by atoms with Gasteiger partial charge in [0.2, 0.25) is 17.6 Å². The largest absolute Gasteiger partial charge is 0.356 e. The van der Waals surface area contributed by atoms with E-state index in [2.05, 4.69) is 15.5 Å². The molecule has 0 radical (unpaired) electrons. The smallest absolute Gasteiger partial charge is 0.227 e. The minimum absolute atomic E-state index is 0.0163. The van der Waals surface area contributed by atoms with E-state index < -0.39 is 9.84 Å². The first-order valence-corrected chi connectivity index (χ1v) is 9.32. The van der Waals surface area contributed by atoms with Crippen LogP contribution in [0.3, 0.4) is 0 Å². The molecule has 1 heterocycles. The fraction of sp³-hybridized carbons (Fsp3) is 0.400. The molecule has 8 heteroatoms. The van der Waals surface area contributed by atoms with Gasteiger partial charge in [0, 0.05) is 31.2 Å². The Hall–Kier alpha value is -2.22. The number of hydrogen-bond donors (Lipinski definition) is 1. The third kappa shape index (κ3) is 6.19. The van der Waals surface area contributed by atoms with Crippen molar-refractivity contribution in [3.63, 3.8) is 0 Å². The van der Waals surface area contributed by atoms with Crippen LogP contribution in [0.2, 0.25) is 0 Å². The molecule has 2 aromatic rings. The molecule has 1 N–H and O–H groups in total. The van der Waals surface area contributed by atoms with Crippen molar-refractivity contribution < 1.29 is 17.7 Å². The topological polar surface area (TPSA) is 102 Å². The van der Waals surface area contributed by atoms with E-state index in [1.165, 1.54) is 0 Å². The van der Waals surface area contributed by atoms with Crippen LogP contribution >= 0.6 is 0 Å². The fourth-order valence-corrected chi connectivity index (χ4v) is 2.45. The van der Waals surface area contributed by atoms with Crippen LogP contribution in [0.25, 0.3) is 11.4 Å². The Morgan fingerprint density at radius 3 is 2.70 bits per heavy atom. The van der Waals surface area contributed by atoms with Crippen LogP contribution in [0, 0.1) is 0 Å². The average molecular weight is 337 g/mol. The monoisotopic (exact) mass is 337 g/mol. The van der Waals surface area contributed by atoms with Crippen LogP contribution in [-0.2, 0) is 21.1 Å². The Bertz CT molecular complexity index is 741. The normalized spacial score (nSPS) is 11.3. The Morgan fingerprint density at radius 1 is 1.26 bits per heavy atom. The second-order valence-corrected chi connectivity index (χ2v) is 7.47. The molecule has 0 aliphatic rings. The minimum atomic E-state index is -3.11. The maximum Gasteiger partial charge on any atom is 0.227 e. The van der Waals surface area contributed by atoms with Gasteiger partial charge in [0.05, 0.1) is 5.75 Å². The zero-order valence-corrected chi connectivity index (χ0v) is 13.7. The van der Waals surface area contributed by atoms with Gasteiger partial charge < -0.3 is 9.84 Å². The van der Waals surface area contributed by atoms with E-state index in [0.29, 0.717) is 31.1 Å². The highest BCUT2D eigenvalue weighted by molar-refractivity contribution is 7.90. The predicted molar refractivity (Wildman–Crippen MR) is 85.4 cm³/mol. The number of amides is 1. The highest BCUT2D eigenvalue weighted by Gasteiger charge is 2.09. The number of carbonyl (C=O) groups excluding carboxylic acids is 1. The summed E-state index contributed by atoms with van der Waals surface area (Å²) in [7, 11) is -3.11. The molecular formula is C15H19N3O4S. The summed E-state index contributed by atoms with van der Waals surface area (Å²) in [5, 5.41) is 6.59. The Morgan fingerprint density at radius 2 is 2.00 bits per heavy atom. The molecule has 0 saturated heterocycles. The van der Waals surface area contributed by atoms with E-state index in [4.69, 9.17) is 4.52 Å². The molecule has 0 aliphatic heterocycles. The standard InChI is InChI=1S/C15H19N3O4S/c1-23(20,21)11-9-13(19)16-10-5-8-14-17-15(18-22-14)12-6-3-2-4-7-12/h2-4,6-7H,5,8-11H2,1H3,(H,16,19).